The van der Waals surface area contributed by atoms with Crippen LogP contribution in [0.1, 0.15) is 51.0 Å². The summed E-state index contributed by atoms with van der Waals surface area (Å²) in [6.45, 7) is 1.75. The molecule has 2 fully saturated rings. The van der Waals surface area contributed by atoms with Gasteiger partial charge in [0.05, 0.1) is 22.2 Å². The smallest absolute Gasteiger partial charge is 0.260 e. The van der Waals surface area contributed by atoms with Gasteiger partial charge in [-0.1, -0.05) is 49.6 Å². The maximum Gasteiger partial charge on any atom is 0.260 e. The van der Waals surface area contributed by atoms with E-state index in [-0.39, 0.29) is 12.5 Å². The van der Waals surface area contributed by atoms with Crippen molar-refractivity contribution in [2.75, 3.05) is 19.7 Å². The SMILES string of the molecule is O=C(COc1cccc(-c2ccc3cc(-c4nc5ccccc5n4C4CCCCC4)ccc3n2)c1)N1CCCC1. The van der Waals surface area contributed by atoms with Gasteiger partial charge in [-0.25, -0.2) is 9.97 Å². The van der Waals surface area contributed by atoms with Gasteiger partial charge in [-0.3, -0.25) is 4.79 Å². The van der Waals surface area contributed by atoms with Crippen molar-refractivity contribution in [3.05, 3.63) is 78.9 Å². The second-order valence-electron chi connectivity index (χ2n) is 11.1. The minimum absolute atomic E-state index is 0.0551. The fraction of sp³-hybridized carbons (Fsp3) is 0.324. The summed E-state index contributed by atoms with van der Waals surface area (Å²) < 4.78 is 8.34. The normalized spacial score (nSPS) is 16.1. The molecule has 5 aromatic rings. The summed E-state index contributed by atoms with van der Waals surface area (Å²) in [5.41, 5.74) is 6.20. The van der Waals surface area contributed by atoms with Crippen molar-refractivity contribution in [2.45, 2.75) is 51.0 Å². The molecule has 3 heterocycles. The van der Waals surface area contributed by atoms with Crippen LogP contribution in [0.3, 0.4) is 0 Å². The third-order valence-electron chi connectivity index (χ3n) is 8.43. The number of carbonyl (C=O) groups excluding carboxylic acids is 1. The number of carbonyl (C=O) groups is 1. The van der Waals surface area contributed by atoms with Crippen LogP contribution in [0.15, 0.2) is 78.9 Å². The second kappa shape index (κ2) is 10.8. The maximum atomic E-state index is 12.4. The maximum absolute atomic E-state index is 12.4. The van der Waals surface area contributed by atoms with Crippen LogP contribution in [0.2, 0.25) is 0 Å². The molecule has 1 amide bonds. The molecular formula is C34H34N4O2. The lowest BCUT2D eigenvalue weighted by Gasteiger charge is -2.25. The van der Waals surface area contributed by atoms with Gasteiger partial charge in [0.2, 0.25) is 0 Å². The Labute approximate surface area is 234 Å². The number of fused-ring (bicyclic) bond motifs is 2. The van der Waals surface area contributed by atoms with E-state index in [1.165, 1.54) is 37.6 Å². The van der Waals surface area contributed by atoms with Crippen LogP contribution in [0.4, 0.5) is 0 Å². The van der Waals surface area contributed by atoms with Crippen molar-refractivity contribution in [3.63, 3.8) is 0 Å². The molecule has 0 radical (unpaired) electrons. The van der Waals surface area contributed by atoms with Crippen LogP contribution >= 0.6 is 0 Å². The zero-order chi connectivity index (χ0) is 26.9. The molecule has 6 nitrogen and oxygen atoms in total. The molecule has 0 atom stereocenters. The number of nitrogens with zero attached hydrogens (tertiary/aromatic N) is 4. The van der Waals surface area contributed by atoms with Crippen molar-refractivity contribution >= 4 is 27.8 Å². The molecule has 7 rings (SSSR count). The molecule has 1 aliphatic heterocycles. The first kappa shape index (κ1) is 24.8. The predicted molar refractivity (Wildman–Crippen MR) is 159 cm³/mol. The molecule has 0 bridgehead atoms. The number of rotatable bonds is 6. The largest absolute Gasteiger partial charge is 0.484 e. The van der Waals surface area contributed by atoms with Crippen LogP contribution < -0.4 is 4.74 Å². The lowest BCUT2D eigenvalue weighted by Crippen LogP contribution is -2.32. The molecule has 0 spiro atoms. The first-order valence-corrected chi connectivity index (χ1v) is 14.6. The lowest BCUT2D eigenvalue weighted by molar-refractivity contribution is -0.132. The number of hydrogen-bond donors (Lipinski definition) is 0. The molecule has 40 heavy (non-hydrogen) atoms. The van der Waals surface area contributed by atoms with Crippen LogP contribution in [-0.2, 0) is 4.79 Å². The average molecular weight is 531 g/mol. The topological polar surface area (TPSA) is 60.2 Å². The Morgan fingerprint density at radius 2 is 1.62 bits per heavy atom. The standard InChI is InChI=1S/C34H34N4O2/c39-33(37-19-6-7-20-37)23-40-28-12-8-9-24(22-28)29-17-15-25-21-26(16-18-30(25)35-29)34-36-31-13-4-5-14-32(31)38(34)27-10-2-1-3-11-27/h4-5,8-9,12-18,21-22,27H,1-3,6-7,10-11,19-20,23H2. The minimum Gasteiger partial charge on any atom is -0.484 e. The first-order chi connectivity index (χ1) is 19.7. The molecule has 2 aliphatic rings. The highest BCUT2D eigenvalue weighted by Crippen LogP contribution is 2.36. The molecule has 1 aliphatic carbocycles. The van der Waals surface area contributed by atoms with Crippen LogP contribution in [0, 0.1) is 0 Å². The van der Waals surface area contributed by atoms with E-state index in [0.29, 0.717) is 11.8 Å². The highest BCUT2D eigenvalue weighted by Gasteiger charge is 2.22. The van der Waals surface area contributed by atoms with Gasteiger partial charge in [0.15, 0.2) is 6.61 Å². The number of amides is 1. The van der Waals surface area contributed by atoms with E-state index in [9.17, 15) is 4.79 Å². The van der Waals surface area contributed by atoms with E-state index in [0.717, 1.165) is 65.0 Å². The number of ether oxygens (including phenoxy) is 1. The first-order valence-electron chi connectivity index (χ1n) is 14.6. The summed E-state index contributed by atoms with van der Waals surface area (Å²) in [6.07, 6.45) is 8.47. The fourth-order valence-electron chi connectivity index (χ4n) is 6.33. The number of hydrogen-bond acceptors (Lipinski definition) is 4. The number of pyridine rings is 1. The van der Waals surface area contributed by atoms with Crippen molar-refractivity contribution < 1.29 is 9.53 Å². The second-order valence-corrected chi connectivity index (χ2v) is 11.1. The summed E-state index contributed by atoms with van der Waals surface area (Å²) in [4.78, 5) is 24.3. The van der Waals surface area contributed by atoms with Crippen LogP contribution in [0.25, 0.3) is 44.6 Å². The van der Waals surface area contributed by atoms with Gasteiger partial charge in [-0.2, -0.15) is 0 Å². The number of aromatic nitrogens is 3. The zero-order valence-corrected chi connectivity index (χ0v) is 22.8. The zero-order valence-electron chi connectivity index (χ0n) is 22.8. The minimum atomic E-state index is 0.0551. The Hall–Kier alpha value is -4.19. The summed E-state index contributed by atoms with van der Waals surface area (Å²) in [5, 5.41) is 1.09. The molecule has 1 saturated carbocycles. The lowest BCUT2D eigenvalue weighted by atomic mass is 9.94. The molecule has 202 valence electrons. The summed E-state index contributed by atoms with van der Waals surface area (Å²) >= 11 is 0. The van der Waals surface area contributed by atoms with E-state index < -0.39 is 0 Å². The third kappa shape index (κ3) is 4.83. The predicted octanol–water partition coefficient (Wildman–Crippen LogP) is 7.42. The van der Waals surface area contributed by atoms with E-state index in [1.54, 1.807) is 0 Å². The molecule has 6 heteroatoms. The Balaban J connectivity index is 1.16. The molecule has 1 saturated heterocycles. The number of likely N-dealkylation sites (tertiary alicyclic amines) is 1. The van der Waals surface area contributed by atoms with Crippen molar-refractivity contribution in [3.8, 4) is 28.4 Å². The van der Waals surface area contributed by atoms with E-state index in [4.69, 9.17) is 14.7 Å². The molecule has 3 aromatic carbocycles. The highest BCUT2D eigenvalue weighted by atomic mass is 16.5. The molecule has 2 aromatic heterocycles. The monoisotopic (exact) mass is 530 g/mol. The highest BCUT2D eigenvalue weighted by molar-refractivity contribution is 5.88. The summed E-state index contributed by atoms with van der Waals surface area (Å²) in [7, 11) is 0. The van der Waals surface area contributed by atoms with Crippen molar-refractivity contribution in [1.82, 2.24) is 19.4 Å². The Bertz CT molecular complexity index is 1680. The number of imidazole rings is 1. The van der Waals surface area contributed by atoms with Gasteiger partial charge in [0.1, 0.15) is 11.6 Å². The van der Waals surface area contributed by atoms with Gasteiger partial charge in [-0.05, 0) is 74.2 Å². The summed E-state index contributed by atoms with van der Waals surface area (Å²) in [5.74, 6) is 1.79. The number of para-hydroxylation sites is 2. The van der Waals surface area contributed by atoms with Gasteiger partial charge in [0.25, 0.3) is 5.91 Å². The Kier molecular flexibility index (Phi) is 6.68. The molecule has 0 N–H and O–H groups in total. The number of benzene rings is 3. The van der Waals surface area contributed by atoms with Crippen LogP contribution in [0.5, 0.6) is 5.75 Å². The Morgan fingerprint density at radius 3 is 2.50 bits per heavy atom. The van der Waals surface area contributed by atoms with Gasteiger partial charge in [0, 0.05) is 35.6 Å². The van der Waals surface area contributed by atoms with Gasteiger partial charge < -0.3 is 14.2 Å². The van der Waals surface area contributed by atoms with Gasteiger partial charge in [-0.15, -0.1) is 0 Å². The van der Waals surface area contributed by atoms with Gasteiger partial charge >= 0.3 is 0 Å². The Morgan fingerprint density at radius 1 is 0.775 bits per heavy atom. The fourth-order valence-corrected chi connectivity index (χ4v) is 6.33. The van der Waals surface area contributed by atoms with Crippen LogP contribution in [-0.4, -0.2) is 45.0 Å². The summed E-state index contributed by atoms with van der Waals surface area (Å²) in [6, 6.07) is 27.5. The molecular weight excluding hydrogens is 496 g/mol. The van der Waals surface area contributed by atoms with E-state index in [1.807, 2.05) is 29.2 Å². The average Bonchev–Trinajstić information content (AvgIpc) is 3.69. The van der Waals surface area contributed by atoms with Crippen molar-refractivity contribution in [1.29, 1.82) is 0 Å². The van der Waals surface area contributed by atoms with E-state index >= 15 is 0 Å². The quantitative estimate of drug-likeness (QED) is 0.229. The third-order valence-corrected chi connectivity index (χ3v) is 8.43. The van der Waals surface area contributed by atoms with E-state index in [2.05, 4.69) is 59.2 Å². The molecule has 0 unspecified atom stereocenters. The van der Waals surface area contributed by atoms with Crippen molar-refractivity contribution in [2.24, 2.45) is 0 Å².